The first-order valence-electron chi connectivity index (χ1n) is 7.44. The molecule has 1 saturated carbocycles. The summed E-state index contributed by atoms with van der Waals surface area (Å²) in [4.78, 5) is 28.4. The van der Waals surface area contributed by atoms with E-state index in [0.29, 0.717) is 18.9 Å². The van der Waals surface area contributed by atoms with E-state index >= 15 is 0 Å². The molecule has 1 aliphatic heterocycles. The summed E-state index contributed by atoms with van der Waals surface area (Å²) in [6.45, 7) is 3.71. The van der Waals surface area contributed by atoms with Crippen LogP contribution in [0.4, 0.5) is 0 Å². The van der Waals surface area contributed by atoms with Gasteiger partial charge < -0.3 is 4.90 Å². The molecule has 2 aliphatic rings. The van der Waals surface area contributed by atoms with E-state index in [0.717, 1.165) is 32.2 Å². The summed E-state index contributed by atoms with van der Waals surface area (Å²) in [5, 5.41) is 0. The lowest BCUT2D eigenvalue weighted by molar-refractivity contribution is -0.142. The molecule has 1 spiro atoms. The number of nitrogens with zero attached hydrogens (tertiary/aromatic N) is 2. The molecule has 2 fully saturated rings. The Kier molecular flexibility index (Phi) is 4.29. The number of rotatable bonds is 4. The molecular formula is C15H26N2O2. The van der Waals surface area contributed by atoms with E-state index in [1.807, 2.05) is 14.1 Å². The van der Waals surface area contributed by atoms with Crippen LogP contribution in [0.3, 0.4) is 0 Å². The highest BCUT2D eigenvalue weighted by Crippen LogP contribution is 2.47. The Hall–Kier alpha value is -0.900. The van der Waals surface area contributed by atoms with Gasteiger partial charge in [-0.25, -0.2) is 0 Å². The van der Waals surface area contributed by atoms with Crippen LogP contribution in [0, 0.1) is 11.3 Å². The maximum absolute atomic E-state index is 12.6. The molecule has 108 valence electrons. The van der Waals surface area contributed by atoms with Crippen molar-refractivity contribution < 1.29 is 9.59 Å². The molecule has 4 nitrogen and oxygen atoms in total. The average Bonchev–Trinajstić information content (AvgIpc) is 2.53. The molecule has 0 N–H and O–H groups in total. The molecule has 0 radical (unpaired) electrons. The fourth-order valence-electron chi connectivity index (χ4n) is 3.65. The van der Waals surface area contributed by atoms with E-state index in [1.54, 1.807) is 0 Å². The first-order valence-corrected chi connectivity index (χ1v) is 7.44. The smallest absolute Gasteiger partial charge is 0.235 e. The third kappa shape index (κ3) is 2.99. The molecule has 2 rings (SSSR count). The lowest BCUT2D eigenvalue weighted by Crippen LogP contribution is -2.39. The van der Waals surface area contributed by atoms with Gasteiger partial charge in [0.1, 0.15) is 0 Å². The summed E-state index contributed by atoms with van der Waals surface area (Å²) >= 11 is 0. The second kappa shape index (κ2) is 5.61. The van der Waals surface area contributed by atoms with Crippen molar-refractivity contribution in [2.75, 3.05) is 27.2 Å². The molecule has 0 aromatic heterocycles. The summed E-state index contributed by atoms with van der Waals surface area (Å²) in [6.07, 6.45) is 5.43. The van der Waals surface area contributed by atoms with Crippen LogP contribution in [0.2, 0.25) is 0 Å². The third-order valence-corrected chi connectivity index (χ3v) is 4.57. The normalized spacial score (nSPS) is 31.8. The van der Waals surface area contributed by atoms with Crippen molar-refractivity contribution in [3.8, 4) is 0 Å². The van der Waals surface area contributed by atoms with Gasteiger partial charge in [-0.2, -0.15) is 0 Å². The van der Waals surface area contributed by atoms with Crippen molar-refractivity contribution in [1.29, 1.82) is 0 Å². The topological polar surface area (TPSA) is 40.6 Å². The predicted octanol–water partition coefficient (Wildman–Crippen LogP) is 1.89. The Labute approximate surface area is 116 Å². The minimum Gasteiger partial charge on any atom is -0.309 e. The van der Waals surface area contributed by atoms with E-state index in [1.165, 1.54) is 11.3 Å². The Morgan fingerprint density at radius 1 is 1.37 bits per heavy atom. The van der Waals surface area contributed by atoms with Gasteiger partial charge >= 0.3 is 0 Å². The SMILES string of the molecule is C[C@H]1CCC[C@]2(CC(=O)N(CCCN(C)C)C2=O)C1. The van der Waals surface area contributed by atoms with Crippen molar-refractivity contribution in [2.24, 2.45) is 11.3 Å². The van der Waals surface area contributed by atoms with E-state index in [9.17, 15) is 9.59 Å². The average molecular weight is 266 g/mol. The largest absolute Gasteiger partial charge is 0.309 e. The van der Waals surface area contributed by atoms with Crippen molar-refractivity contribution >= 4 is 11.8 Å². The molecule has 2 amide bonds. The lowest BCUT2D eigenvalue weighted by atomic mass is 9.69. The van der Waals surface area contributed by atoms with Gasteiger partial charge in [0.15, 0.2) is 0 Å². The van der Waals surface area contributed by atoms with Crippen LogP contribution < -0.4 is 0 Å². The van der Waals surface area contributed by atoms with Crippen LogP contribution in [0.15, 0.2) is 0 Å². The minimum atomic E-state index is -0.340. The van der Waals surface area contributed by atoms with Gasteiger partial charge in [0, 0.05) is 13.0 Å². The van der Waals surface area contributed by atoms with E-state index < -0.39 is 0 Å². The van der Waals surface area contributed by atoms with Gasteiger partial charge in [0.05, 0.1) is 5.41 Å². The molecule has 0 unspecified atom stereocenters. The zero-order valence-corrected chi connectivity index (χ0v) is 12.4. The number of carbonyl (C=O) groups excluding carboxylic acids is 2. The van der Waals surface area contributed by atoms with Gasteiger partial charge in [-0.1, -0.05) is 19.8 Å². The maximum atomic E-state index is 12.6. The second-order valence-electron chi connectivity index (χ2n) is 6.67. The first-order chi connectivity index (χ1) is 8.94. The molecule has 1 aliphatic carbocycles. The van der Waals surface area contributed by atoms with E-state index in [2.05, 4.69) is 11.8 Å². The number of likely N-dealkylation sites (tertiary alicyclic amines) is 1. The van der Waals surface area contributed by atoms with Gasteiger partial charge in [0.25, 0.3) is 0 Å². The Bertz CT molecular complexity index is 367. The van der Waals surface area contributed by atoms with Crippen LogP contribution in [-0.4, -0.2) is 48.8 Å². The highest BCUT2D eigenvalue weighted by atomic mass is 16.2. The van der Waals surface area contributed by atoms with Gasteiger partial charge in [-0.3, -0.25) is 14.5 Å². The number of amides is 2. The molecule has 0 aromatic carbocycles. The predicted molar refractivity (Wildman–Crippen MR) is 74.6 cm³/mol. The van der Waals surface area contributed by atoms with Crippen molar-refractivity contribution in [2.45, 2.75) is 45.4 Å². The van der Waals surface area contributed by atoms with E-state index in [4.69, 9.17) is 0 Å². The molecule has 2 atom stereocenters. The molecule has 0 aromatic rings. The summed E-state index contributed by atoms with van der Waals surface area (Å²) in [6, 6.07) is 0. The van der Waals surface area contributed by atoms with E-state index in [-0.39, 0.29) is 17.2 Å². The van der Waals surface area contributed by atoms with Crippen LogP contribution in [-0.2, 0) is 9.59 Å². The lowest BCUT2D eigenvalue weighted by Gasteiger charge is -2.34. The highest BCUT2D eigenvalue weighted by Gasteiger charge is 2.52. The molecular weight excluding hydrogens is 240 g/mol. The standard InChI is InChI=1S/C15H26N2O2/c1-12-6-4-7-15(10-12)11-13(18)17(14(15)19)9-5-8-16(2)3/h12H,4-11H2,1-3H3/t12-,15+/m0/s1. The van der Waals surface area contributed by atoms with Gasteiger partial charge in [0.2, 0.25) is 11.8 Å². The molecule has 0 bridgehead atoms. The summed E-state index contributed by atoms with van der Waals surface area (Å²) in [5.74, 6) is 0.743. The highest BCUT2D eigenvalue weighted by molar-refractivity contribution is 6.05. The zero-order chi connectivity index (χ0) is 14.0. The van der Waals surface area contributed by atoms with Gasteiger partial charge in [-0.05, 0) is 45.8 Å². The molecule has 1 heterocycles. The summed E-state index contributed by atoms with van der Waals surface area (Å²) in [5.41, 5.74) is -0.340. The molecule has 19 heavy (non-hydrogen) atoms. The quantitative estimate of drug-likeness (QED) is 0.730. The van der Waals surface area contributed by atoms with Crippen LogP contribution in [0.1, 0.15) is 45.4 Å². The molecule has 4 heteroatoms. The monoisotopic (exact) mass is 266 g/mol. The maximum Gasteiger partial charge on any atom is 0.235 e. The Balaban J connectivity index is 1.99. The first kappa shape index (κ1) is 14.5. The number of hydrogen-bond acceptors (Lipinski definition) is 3. The van der Waals surface area contributed by atoms with Crippen molar-refractivity contribution in [3.63, 3.8) is 0 Å². The van der Waals surface area contributed by atoms with Crippen LogP contribution >= 0.6 is 0 Å². The molecule has 1 saturated heterocycles. The van der Waals surface area contributed by atoms with Crippen molar-refractivity contribution in [1.82, 2.24) is 9.80 Å². The van der Waals surface area contributed by atoms with Crippen molar-refractivity contribution in [3.05, 3.63) is 0 Å². The van der Waals surface area contributed by atoms with Gasteiger partial charge in [-0.15, -0.1) is 0 Å². The number of carbonyl (C=O) groups is 2. The zero-order valence-electron chi connectivity index (χ0n) is 12.4. The summed E-state index contributed by atoms with van der Waals surface area (Å²) < 4.78 is 0. The van der Waals surface area contributed by atoms with Crippen LogP contribution in [0.25, 0.3) is 0 Å². The Morgan fingerprint density at radius 2 is 2.11 bits per heavy atom. The summed E-state index contributed by atoms with van der Waals surface area (Å²) in [7, 11) is 4.02. The van der Waals surface area contributed by atoms with Crippen LogP contribution in [0.5, 0.6) is 0 Å². The second-order valence-corrected chi connectivity index (χ2v) is 6.67. The number of hydrogen-bond donors (Lipinski definition) is 0. The fourth-order valence-corrected chi connectivity index (χ4v) is 3.65. The Morgan fingerprint density at radius 3 is 2.74 bits per heavy atom. The number of imide groups is 1. The minimum absolute atomic E-state index is 0.0536. The fraction of sp³-hybridized carbons (Fsp3) is 0.867. The third-order valence-electron chi connectivity index (χ3n) is 4.57.